The summed E-state index contributed by atoms with van der Waals surface area (Å²) in [6, 6.07) is 9.96. The van der Waals surface area contributed by atoms with E-state index in [-0.39, 0.29) is 5.82 Å². The Morgan fingerprint density at radius 3 is 2.40 bits per heavy atom. The van der Waals surface area contributed by atoms with Gasteiger partial charge in [-0.3, -0.25) is 14.3 Å². The first-order chi connectivity index (χ1) is 12.1. The third-order valence-electron chi connectivity index (χ3n) is 4.26. The van der Waals surface area contributed by atoms with Crippen molar-refractivity contribution in [2.45, 2.75) is 52.6 Å². The van der Waals surface area contributed by atoms with Crippen molar-refractivity contribution in [3.05, 3.63) is 56.7 Å². The molecule has 6 nitrogen and oxygen atoms in total. The van der Waals surface area contributed by atoms with Crippen molar-refractivity contribution >= 4 is 11.5 Å². The molecule has 0 aliphatic rings. The highest BCUT2D eigenvalue weighted by atomic mass is 16.2. The number of aromatic nitrogens is 2. The predicted octanol–water partition coefficient (Wildman–Crippen LogP) is 2.73. The van der Waals surface area contributed by atoms with Gasteiger partial charge >= 0.3 is 5.69 Å². The van der Waals surface area contributed by atoms with Crippen molar-refractivity contribution in [2.75, 3.05) is 17.2 Å². The second kappa shape index (κ2) is 9.11. The van der Waals surface area contributed by atoms with E-state index in [2.05, 4.69) is 18.8 Å². The van der Waals surface area contributed by atoms with Gasteiger partial charge in [0.25, 0.3) is 5.56 Å². The summed E-state index contributed by atoms with van der Waals surface area (Å²) in [4.78, 5) is 29.0. The van der Waals surface area contributed by atoms with E-state index in [0.717, 1.165) is 31.2 Å². The Kier molecular flexibility index (Phi) is 6.86. The first-order valence-electron chi connectivity index (χ1n) is 8.99. The maximum Gasteiger partial charge on any atom is 0.330 e. The van der Waals surface area contributed by atoms with Crippen LogP contribution in [0.3, 0.4) is 0 Å². The van der Waals surface area contributed by atoms with Crippen LogP contribution in [-0.2, 0) is 13.1 Å². The summed E-state index contributed by atoms with van der Waals surface area (Å²) in [7, 11) is 0. The molecule has 3 N–H and O–H groups in total. The van der Waals surface area contributed by atoms with E-state index in [9.17, 15) is 9.59 Å². The van der Waals surface area contributed by atoms with Gasteiger partial charge in [0.05, 0.1) is 0 Å². The van der Waals surface area contributed by atoms with Crippen molar-refractivity contribution in [1.29, 1.82) is 0 Å². The molecule has 25 heavy (non-hydrogen) atoms. The summed E-state index contributed by atoms with van der Waals surface area (Å²) in [6.07, 6.45) is 3.74. The van der Waals surface area contributed by atoms with E-state index in [1.807, 2.05) is 35.2 Å². The number of hydrogen-bond donors (Lipinski definition) is 2. The molecule has 0 saturated heterocycles. The molecule has 0 saturated carbocycles. The molecule has 136 valence electrons. The van der Waals surface area contributed by atoms with E-state index < -0.39 is 11.2 Å². The number of nitrogens with one attached hydrogen (secondary N) is 1. The fourth-order valence-corrected chi connectivity index (χ4v) is 2.84. The second-order valence-electron chi connectivity index (χ2n) is 6.26. The van der Waals surface area contributed by atoms with Gasteiger partial charge in [0.2, 0.25) is 0 Å². The maximum absolute atomic E-state index is 12.5. The second-order valence-corrected chi connectivity index (χ2v) is 6.26. The monoisotopic (exact) mass is 344 g/mol. The molecule has 0 amide bonds. The highest BCUT2D eigenvalue weighted by Gasteiger charge is 2.18. The number of aromatic amines is 1. The smallest absolute Gasteiger partial charge is 0.330 e. The number of unbranched alkanes of at least 4 members (excludes halogenated alkanes) is 2. The zero-order chi connectivity index (χ0) is 18.2. The Hall–Kier alpha value is -2.50. The van der Waals surface area contributed by atoms with Crippen LogP contribution in [0.15, 0.2) is 39.9 Å². The molecule has 2 rings (SSSR count). The minimum Gasteiger partial charge on any atom is -0.383 e. The zero-order valence-corrected chi connectivity index (χ0v) is 15.1. The van der Waals surface area contributed by atoms with Gasteiger partial charge in [0.15, 0.2) is 0 Å². The molecule has 0 aliphatic carbocycles. The molecular formula is C19H28N4O2. The SMILES string of the molecule is CCCCN(Cc1ccccc1)c1c(N)n(CCCC)c(=O)[nH]c1=O. The van der Waals surface area contributed by atoms with Crippen LogP contribution >= 0.6 is 0 Å². The van der Waals surface area contributed by atoms with E-state index in [1.165, 1.54) is 4.57 Å². The van der Waals surface area contributed by atoms with E-state index in [1.54, 1.807) is 0 Å². The Morgan fingerprint density at radius 1 is 1.08 bits per heavy atom. The van der Waals surface area contributed by atoms with Crippen molar-refractivity contribution in [1.82, 2.24) is 9.55 Å². The highest BCUT2D eigenvalue weighted by Crippen LogP contribution is 2.20. The number of H-pyrrole nitrogens is 1. The summed E-state index contributed by atoms with van der Waals surface area (Å²) in [5.74, 6) is 0.259. The summed E-state index contributed by atoms with van der Waals surface area (Å²) >= 11 is 0. The average Bonchev–Trinajstić information content (AvgIpc) is 2.60. The Labute approximate surface area is 148 Å². The number of anilines is 2. The predicted molar refractivity (Wildman–Crippen MR) is 103 cm³/mol. The normalized spacial score (nSPS) is 10.8. The van der Waals surface area contributed by atoms with Gasteiger partial charge < -0.3 is 10.6 Å². The third-order valence-corrected chi connectivity index (χ3v) is 4.26. The molecule has 1 aromatic carbocycles. The van der Waals surface area contributed by atoms with Gasteiger partial charge in [-0.15, -0.1) is 0 Å². The van der Waals surface area contributed by atoms with E-state index >= 15 is 0 Å². The number of nitrogens with two attached hydrogens (primary N) is 1. The van der Waals surface area contributed by atoms with Crippen molar-refractivity contribution in [3.8, 4) is 0 Å². The van der Waals surface area contributed by atoms with Crippen LogP contribution in [0, 0.1) is 0 Å². The molecule has 6 heteroatoms. The number of hydrogen-bond acceptors (Lipinski definition) is 4. The molecule has 0 fully saturated rings. The van der Waals surface area contributed by atoms with Crippen molar-refractivity contribution < 1.29 is 0 Å². The van der Waals surface area contributed by atoms with E-state index in [4.69, 9.17) is 5.73 Å². The van der Waals surface area contributed by atoms with Crippen LogP contribution in [-0.4, -0.2) is 16.1 Å². The summed E-state index contributed by atoms with van der Waals surface area (Å²) in [6.45, 7) is 5.97. The maximum atomic E-state index is 12.5. The minimum absolute atomic E-state index is 0.259. The minimum atomic E-state index is -0.435. The molecule has 1 heterocycles. The number of rotatable bonds is 9. The molecule has 2 aromatic rings. The van der Waals surface area contributed by atoms with Crippen LogP contribution in [0.4, 0.5) is 11.5 Å². The topological polar surface area (TPSA) is 84.1 Å². The molecule has 0 radical (unpaired) electrons. The van der Waals surface area contributed by atoms with Crippen LogP contribution in [0.25, 0.3) is 0 Å². The quantitative estimate of drug-likeness (QED) is 0.732. The largest absolute Gasteiger partial charge is 0.383 e. The Bertz CT molecular complexity index is 780. The van der Waals surface area contributed by atoms with Crippen LogP contribution in [0.5, 0.6) is 0 Å². The van der Waals surface area contributed by atoms with Crippen molar-refractivity contribution in [2.24, 2.45) is 0 Å². The molecular weight excluding hydrogens is 316 g/mol. The van der Waals surface area contributed by atoms with E-state index in [0.29, 0.717) is 25.3 Å². The number of benzene rings is 1. The third kappa shape index (κ3) is 4.75. The molecule has 0 unspecified atom stereocenters. The van der Waals surface area contributed by atoms with Crippen LogP contribution < -0.4 is 21.9 Å². The molecule has 0 aliphatic heterocycles. The van der Waals surface area contributed by atoms with Gasteiger partial charge in [-0.1, -0.05) is 57.0 Å². The lowest BCUT2D eigenvalue weighted by molar-refractivity contribution is 0.600. The molecule has 1 aromatic heterocycles. The molecule has 0 bridgehead atoms. The van der Waals surface area contributed by atoms with Crippen LogP contribution in [0.2, 0.25) is 0 Å². The zero-order valence-electron chi connectivity index (χ0n) is 15.1. The van der Waals surface area contributed by atoms with Crippen LogP contribution in [0.1, 0.15) is 45.1 Å². The standard InChI is InChI=1S/C19H28N4O2/c1-3-5-12-22(14-15-10-8-7-9-11-15)16-17(20)23(13-6-4-2)19(25)21-18(16)24/h7-11H,3-6,12-14,20H2,1-2H3,(H,21,24,25). The lowest BCUT2D eigenvalue weighted by atomic mass is 10.2. The van der Waals surface area contributed by atoms with Crippen molar-refractivity contribution in [3.63, 3.8) is 0 Å². The number of nitrogen functional groups attached to an aromatic ring is 1. The summed E-state index contributed by atoms with van der Waals surface area (Å²) < 4.78 is 1.48. The van der Waals surface area contributed by atoms with Gasteiger partial charge in [-0.05, 0) is 18.4 Å². The fraction of sp³-hybridized carbons (Fsp3) is 0.474. The van der Waals surface area contributed by atoms with Gasteiger partial charge in [0.1, 0.15) is 11.5 Å². The average molecular weight is 344 g/mol. The lowest BCUT2D eigenvalue weighted by Gasteiger charge is -2.26. The van der Waals surface area contributed by atoms with Gasteiger partial charge in [0, 0.05) is 19.6 Å². The first-order valence-corrected chi connectivity index (χ1v) is 8.99. The van der Waals surface area contributed by atoms with Gasteiger partial charge in [-0.2, -0.15) is 0 Å². The fourth-order valence-electron chi connectivity index (χ4n) is 2.84. The molecule has 0 spiro atoms. The Balaban J connectivity index is 2.44. The lowest BCUT2D eigenvalue weighted by Crippen LogP contribution is -2.38. The van der Waals surface area contributed by atoms with Gasteiger partial charge in [-0.25, -0.2) is 4.79 Å². The summed E-state index contributed by atoms with van der Waals surface area (Å²) in [5.41, 5.74) is 6.90. The first kappa shape index (κ1) is 18.8. The Morgan fingerprint density at radius 2 is 1.76 bits per heavy atom. The highest BCUT2D eigenvalue weighted by molar-refractivity contribution is 5.62. The number of nitrogens with zero attached hydrogens (tertiary/aromatic N) is 2. The molecule has 0 atom stereocenters. The summed E-state index contributed by atoms with van der Waals surface area (Å²) in [5, 5.41) is 0.